The Labute approximate surface area is 423 Å². The van der Waals surface area contributed by atoms with Crippen molar-refractivity contribution in [3.63, 3.8) is 0 Å². The minimum atomic E-state index is -4.69. The molecule has 4 aromatic carbocycles. The van der Waals surface area contributed by atoms with Gasteiger partial charge in [-0.05, 0) is 91.1 Å². The van der Waals surface area contributed by atoms with Crippen LogP contribution in [0.5, 0.6) is 0 Å². The van der Waals surface area contributed by atoms with Crippen LogP contribution in [0.4, 0.5) is 47.3 Å². The number of carbonyl (C=O) groups is 6. The number of nitriles is 2. The van der Waals surface area contributed by atoms with Crippen molar-refractivity contribution < 1.29 is 65.3 Å². The van der Waals surface area contributed by atoms with E-state index in [1.54, 1.807) is 60.6 Å². The fraction of sp³-hybridized carbons (Fsp3) is 0.333. The second-order valence-corrected chi connectivity index (χ2v) is 19.2. The molecule has 0 fully saturated rings. The van der Waals surface area contributed by atoms with E-state index in [0.717, 1.165) is 56.0 Å². The van der Waals surface area contributed by atoms with Crippen LogP contribution >= 0.6 is 0 Å². The fourth-order valence-electron chi connectivity index (χ4n) is 8.81. The van der Waals surface area contributed by atoms with Crippen molar-refractivity contribution in [2.24, 2.45) is 17.3 Å². The molecule has 4 aromatic rings. The van der Waals surface area contributed by atoms with Crippen LogP contribution in [0.15, 0.2) is 120 Å². The minimum Gasteiger partial charge on any atom is -0.480 e. The van der Waals surface area contributed by atoms with Crippen LogP contribution < -0.4 is 9.80 Å². The summed E-state index contributed by atoms with van der Waals surface area (Å²) in [5.74, 6) is -4.62. The zero-order valence-electron chi connectivity index (χ0n) is 41.6. The maximum absolute atomic E-state index is 14.2. The Kier molecular flexibility index (Phi) is 16.7. The summed E-state index contributed by atoms with van der Waals surface area (Å²) in [6.07, 6.45) is -9.36. The van der Waals surface area contributed by atoms with E-state index in [-0.39, 0.29) is 33.9 Å². The first kappa shape index (κ1) is 56.7. The first-order valence-electron chi connectivity index (χ1n) is 22.9. The third-order valence-corrected chi connectivity index (χ3v) is 12.2. The second kappa shape index (κ2) is 21.8. The van der Waals surface area contributed by atoms with Gasteiger partial charge in [0.05, 0.1) is 57.9 Å². The molecule has 2 N–H and O–H groups in total. The number of anilines is 2. The number of carboxylic acid groups (broad SMARTS) is 2. The lowest BCUT2D eigenvalue weighted by Gasteiger charge is -2.48. The monoisotopic (exact) mass is 1030 g/mol. The molecular weight excluding hydrogens is 975 g/mol. The number of urea groups is 2. The van der Waals surface area contributed by atoms with Crippen LogP contribution in [0.1, 0.15) is 108 Å². The molecule has 2 aliphatic rings. The van der Waals surface area contributed by atoms with Crippen LogP contribution in [0.2, 0.25) is 0 Å². The summed E-state index contributed by atoms with van der Waals surface area (Å²) in [5, 5.41) is 38.2. The molecule has 0 spiro atoms. The maximum Gasteiger partial charge on any atom is 0.416 e. The Hall–Kier alpha value is -8.26. The van der Waals surface area contributed by atoms with Gasteiger partial charge in [0.15, 0.2) is 11.6 Å². The molecule has 0 radical (unpaired) electrons. The number of nitrogens with zero attached hydrogens (tertiary/aromatic N) is 6. The highest BCUT2D eigenvalue weighted by molar-refractivity contribution is 6.08. The summed E-state index contributed by atoms with van der Waals surface area (Å²) in [6.45, 7) is 13.5. The van der Waals surface area contributed by atoms with Gasteiger partial charge in [-0.2, -0.15) is 36.9 Å². The number of benzene rings is 4. The number of halogens is 6. The Balaban J connectivity index is 0.000000276. The number of aliphatic carboxylic acids is 2. The van der Waals surface area contributed by atoms with E-state index in [4.69, 9.17) is 5.26 Å². The molecule has 74 heavy (non-hydrogen) atoms. The number of hydrogen-bond donors (Lipinski definition) is 2. The number of amides is 4. The maximum atomic E-state index is 14.2. The van der Waals surface area contributed by atoms with E-state index < -0.39 is 101 Å². The van der Waals surface area contributed by atoms with Crippen LogP contribution in [-0.4, -0.2) is 68.2 Å². The topological polar surface area (TPSA) is 203 Å². The number of hydrogen-bond acceptors (Lipinski definition) is 8. The Morgan fingerprint density at radius 2 is 0.986 bits per heavy atom. The SMILES string of the molecule is CC1=C(C(=O)C(C)C)[C@@H](c2ccc(C#N)cc2)N(C(C(=O)O)C(C)(C)C)C(=O)N1c1cccc(C(F)(F)F)c1.CC1=C(C(=O)C(C)C)[C@@H](c2ccc(C#N)cc2)N(CC(=O)O)C(=O)N1c1cccc(C(F)(F)F)c1. The lowest BCUT2D eigenvalue weighted by atomic mass is 9.80. The molecule has 14 nitrogen and oxygen atoms in total. The molecule has 3 atom stereocenters. The number of carboxylic acids is 2. The van der Waals surface area contributed by atoms with Gasteiger partial charge in [-0.3, -0.25) is 29.1 Å². The molecule has 0 aromatic heterocycles. The number of ketones is 2. The van der Waals surface area contributed by atoms with Crippen LogP contribution in [0.25, 0.3) is 0 Å². The van der Waals surface area contributed by atoms with Crippen molar-refractivity contribution in [1.29, 1.82) is 10.5 Å². The molecule has 2 aliphatic heterocycles. The normalized spacial score (nSPS) is 17.0. The van der Waals surface area contributed by atoms with E-state index >= 15 is 0 Å². The number of rotatable bonds is 12. The number of carbonyl (C=O) groups excluding carboxylic acids is 4. The van der Waals surface area contributed by atoms with Gasteiger partial charge in [0.25, 0.3) is 0 Å². The smallest absolute Gasteiger partial charge is 0.416 e. The number of alkyl halides is 6. The van der Waals surface area contributed by atoms with Gasteiger partial charge in [-0.15, -0.1) is 0 Å². The molecule has 2 heterocycles. The Bertz CT molecular complexity index is 3020. The fourth-order valence-corrected chi connectivity index (χ4v) is 8.81. The molecule has 0 saturated heterocycles. The predicted octanol–water partition coefficient (Wildman–Crippen LogP) is 11.7. The van der Waals surface area contributed by atoms with Crippen molar-refractivity contribution in [1.82, 2.24) is 9.80 Å². The number of allylic oxidation sites excluding steroid dienone is 2. The average Bonchev–Trinajstić information content (AvgIpc) is 3.32. The highest BCUT2D eigenvalue weighted by Gasteiger charge is 2.51. The van der Waals surface area contributed by atoms with Crippen molar-refractivity contribution >= 4 is 46.9 Å². The summed E-state index contributed by atoms with van der Waals surface area (Å²) >= 11 is 0. The van der Waals surface area contributed by atoms with Gasteiger partial charge in [-0.1, -0.05) is 84.9 Å². The molecule has 0 saturated carbocycles. The highest BCUT2D eigenvalue weighted by atomic mass is 19.4. The third kappa shape index (κ3) is 11.8. The van der Waals surface area contributed by atoms with Gasteiger partial charge in [0.1, 0.15) is 12.6 Å². The van der Waals surface area contributed by atoms with E-state index in [0.29, 0.717) is 22.3 Å². The zero-order chi connectivity index (χ0) is 55.5. The van der Waals surface area contributed by atoms with E-state index in [1.165, 1.54) is 62.4 Å². The number of Topliss-reactive ketones (excluding diaryl/α,β-unsaturated/α-hetero) is 2. The van der Waals surface area contributed by atoms with Crippen molar-refractivity contribution in [3.05, 3.63) is 153 Å². The Morgan fingerprint density at radius 3 is 1.32 bits per heavy atom. The standard InChI is InChI=1S/C29H30F3N3O4.C25H22F3N3O4/c1-16(2)24(36)22-17(3)34(21-9-7-8-20(14-21)29(30,31)32)27(39)35(25(26(37)38)28(4,5)6)23(22)19-12-10-18(15-33)11-13-19;1-14(2)23(34)21-15(3)31(19-6-4-5-18(11-19)25(26,27)28)24(35)30(13-20(32)33)22(21)17-9-7-16(12-29)8-10-17/h7-14,16,23,25H,1-6H3,(H,37,38);4-11,14,22H,13H2,1-3H3,(H,32,33)/t23-,25?;22-/m11/s1. The van der Waals surface area contributed by atoms with Crippen LogP contribution in [0.3, 0.4) is 0 Å². The molecule has 0 bridgehead atoms. The van der Waals surface area contributed by atoms with Gasteiger partial charge in [-0.25, -0.2) is 14.4 Å². The Morgan fingerprint density at radius 1 is 0.608 bits per heavy atom. The van der Waals surface area contributed by atoms with E-state index in [9.17, 15) is 70.6 Å². The molecule has 388 valence electrons. The molecule has 20 heteroatoms. The van der Waals surface area contributed by atoms with Gasteiger partial charge < -0.3 is 15.1 Å². The summed E-state index contributed by atoms with van der Waals surface area (Å²) in [5.41, 5.74) is -1.53. The van der Waals surface area contributed by atoms with E-state index in [1.807, 2.05) is 12.1 Å². The molecule has 0 aliphatic carbocycles. The first-order valence-corrected chi connectivity index (χ1v) is 22.9. The quantitative estimate of drug-likeness (QED) is 0.129. The summed E-state index contributed by atoms with van der Waals surface area (Å²) < 4.78 is 80.8. The summed E-state index contributed by atoms with van der Waals surface area (Å²) in [4.78, 5) is 83.2. The highest BCUT2D eigenvalue weighted by Crippen LogP contribution is 2.46. The van der Waals surface area contributed by atoms with Gasteiger partial charge in [0.2, 0.25) is 0 Å². The van der Waals surface area contributed by atoms with Crippen LogP contribution in [-0.2, 0) is 31.5 Å². The lowest BCUT2D eigenvalue weighted by Crippen LogP contribution is -2.60. The molecular formula is C54H52F6N6O8. The molecule has 1 unspecified atom stereocenters. The minimum absolute atomic E-state index is 0.0854. The van der Waals surface area contributed by atoms with Crippen LogP contribution in [0, 0.1) is 39.9 Å². The lowest BCUT2D eigenvalue weighted by molar-refractivity contribution is -0.147. The second-order valence-electron chi connectivity index (χ2n) is 19.2. The molecule has 6 rings (SSSR count). The van der Waals surface area contributed by atoms with Crippen molar-refractivity contribution in [2.75, 3.05) is 16.3 Å². The zero-order valence-corrected chi connectivity index (χ0v) is 41.6. The largest absolute Gasteiger partial charge is 0.480 e. The van der Waals surface area contributed by atoms with Crippen molar-refractivity contribution in [2.45, 2.75) is 92.8 Å². The van der Waals surface area contributed by atoms with Gasteiger partial charge >= 0.3 is 36.4 Å². The third-order valence-electron chi connectivity index (χ3n) is 12.2. The first-order chi connectivity index (χ1) is 34.4. The average molecular weight is 1030 g/mol. The van der Waals surface area contributed by atoms with Gasteiger partial charge in [0, 0.05) is 34.4 Å². The molecule has 4 amide bonds. The van der Waals surface area contributed by atoms with Crippen molar-refractivity contribution in [3.8, 4) is 12.1 Å². The predicted molar refractivity (Wildman–Crippen MR) is 259 cm³/mol. The summed E-state index contributed by atoms with van der Waals surface area (Å²) in [6, 6.07) is 18.7. The summed E-state index contributed by atoms with van der Waals surface area (Å²) in [7, 11) is 0. The van der Waals surface area contributed by atoms with E-state index in [2.05, 4.69) is 0 Å².